The van der Waals surface area contributed by atoms with Crippen molar-refractivity contribution in [3.63, 3.8) is 0 Å². The molecule has 0 aliphatic heterocycles. The fourth-order valence-electron chi connectivity index (χ4n) is 2.39. The van der Waals surface area contributed by atoms with Crippen molar-refractivity contribution in [2.24, 2.45) is 5.73 Å². The van der Waals surface area contributed by atoms with Crippen LogP contribution in [-0.4, -0.2) is 9.97 Å². The molecule has 0 saturated heterocycles. The van der Waals surface area contributed by atoms with Gasteiger partial charge in [0.15, 0.2) is 0 Å². The van der Waals surface area contributed by atoms with E-state index in [1.807, 2.05) is 49.4 Å². The first-order chi connectivity index (χ1) is 10.1. The molecule has 0 aliphatic rings. The molecule has 1 aromatic heterocycles. The van der Waals surface area contributed by atoms with Crippen molar-refractivity contribution >= 4 is 39.5 Å². The van der Waals surface area contributed by atoms with E-state index in [2.05, 4.69) is 16.4 Å². The van der Waals surface area contributed by atoms with Gasteiger partial charge in [0, 0.05) is 28.5 Å². The summed E-state index contributed by atoms with van der Waals surface area (Å²) < 4.78 is 0. The second kappa shape index (κ2) is 5.50. The van der Waals surface area contributed by atoms with Gasteiger partial charge in [0.1, 0.15) is 4.99 Å². The van der Waals surface area contributed by atoms with Gasteiger partial charge in [0.2, 0.25) is 0 Å². The molecule has 0 unspecified atom stereocenters. The average molecular weight is 293 g/mol. The lowest BCUT2D eigenvalue weighted by Crippen LogP contribution is -2.11. The fourth-order valence-corrected chi connectivity index (χ4v) is 2.61. The van der Waals surface area contributed by atoms with Crippen LogP contribution in [0, 0.1) is 6.92 Å². The summed E-state index contributed by atoms with van der Waals surface area (Å²) in [5.74, 6) is 0. The van der Waals surface area contributed by atoms with Crippen LogP contribution in [0.25, 0.3) is 10.9 Å². The molecule has 0 radical (unpaired) electrons. The maximum Gasteiger partial charge on any atom is 0.104 e. The van der Waals surface area contributed by atoms with Crippen LogP contribution >= 0.6 is 12.2 Å². The number of anilines is 2. The van der Waals surface area contributed by atoms with E-state index in [0.717, 1.165) is 33.4 Å². The van der Waals surface area contributed by atoms with Crippen molar-refractivity contribution < 1.29 is 0 Å². The number of nitrogens with two attached hydrogens (primary N) is 1. The van der Waals surface area contributed by atoms with E-state index in [4.69, 9.17) is 18.0 Å². The Morgan fingerprint density at radius 2 is 2.00 bits per heavy atom. The van der Waals surface area contributed by atoms with E-state index < -0.39 is 0 Å². The van der Waals surface area contributed by atoms with E-state index >= 15 is 0 Å². The zero-order valence-electron chi connectivity index (χ0n) is 11.6. The van der Waals surface area contributed by atoms with Crippen LogP contribution in [0.4, 0.5) is 11.4 Å². The molecule has 3 N–H and O–H groups in total. The van der Waals surface area contributed by atoms with Crippen LogP contribution < -0.4 is 11.1 Å². The highest BCUT2D eigenvalue weighted by molar-refractivity contribution is 7.80. The normalized spacial score (nSPS) is 10.5. The highest BCUT2D eigenvalue weighted by Crippen LogP contribution is 2.26. The summed E-state index contributed by atoms with van der Waals surface area (Å²) in [6.07, 6.45) is 1.80. The number of pyridine rings is 1. The van der Waals surface area contributed by atoms with Gasteiger partial charge in [-0.1, -0.05) is 18.3 Å². The number of nitrogens with zero attached hydrogens (tertiary/aromatic N) is 1. The van der Waals surface area contributed by atoms with Crippen LogP contribution in [0.5, 0.6) is 0 Å². The molecule has 1 heterocycles. The fraction of sp³-hybridized carbons (Fsp3) is 0.0588. The second-order valence-electron chi connectivity index (χ2n) is 4.89. The van der Waals surface area contributed by atoms with Gasteiger partial charge in [-0.05, 0) is 55.0 Å². The standard InChI is InChI=1S/C17H15N3S/c1-11-10-12(7-8-13(11)17(18)21)20-16-6-2-5-15-14(16)4-3-9-19-15/h2-10,20H,1H3,(H2,18,21). The van der Waals surface area contributed by atoms with Crippen molar-refractivity contribution in [2.45, 2.75) is 6.92 Å². The number of thiocarbonyl (C=S) groups is 1. The van der Waals surface area contributed by atoms with E-state index in [1.165, 1.54) is 0 Å². The van der Waals surface area contributed by atoms with Gasteiger partial charge in [0.05, 0.1) is 5.52 Å². The smallest absolute Gasteiger partial charge is 0.104 e. The van der Waals surface area contributed by atoms with Crippen molar-refractivity contribution in [3.05, 3.63) is 65.9 Å². The number of hydrogen-bond acceptors (Lipinski definition) is 3. The number of rotatable bonds is 3. The van der Waals surface area contributed by atoms with E-state index in [1.54, 1.807) is 6.20 Å². The summed E-state index contributed by atoms with van der Waals surface area (Å²) in [6.45, 7) is 2.00. The van der Waals surface area contributed by atoms with Crippen molar-refractivity contribution in [1.29, 1.82) is 0 Å². The molecule has 3 aromatic rings. The predicted molar refractivity (Wildman–Crippen MR) is 92.1 cm³/mol. The maximum absolute atomic E-state index is 5.69. The van der Waals surface area contributed by atoms with Crippen molar-refractivity contribution in [2.75, 3.05) is 5.32 Å². The average Bonchev–Trinajstić information content (AvgIpc) is 2.47. The Bertz CT molecular complexity index is 822. The van der Waals surface area contributed by atoms with Crippen LogP contribution in [0.2, 0.25) is 0 Å². The molecule has 0 aliphatic carbocycles. The summed E-state index contributed by atoms with van der Waals surface area (Å²) in [5, 5.41) is 4.52. The zero-order chi connectivity index (χ0) is 14.8. The minimum atomic E-state index is 0.424. The number of nitrogens with one attached hydrogen (secondary N) is 1. The Kier molecular flexibility index (Phi) is 3.54. The Balaban J connectivity index is 1.99. The molecule has 0 fully saturated rings. The SMILES string of the molecule is Cc1cc(Nc2cccc3ncccc23)ccc1C(N)=S. The predicted octanol–water partition coefficient (Wildman–Crippen LogP) is 3.92. The molecule has 0 bridgehead atoms. The molecule has 104 valence electrons. The minimum Gasteiger partial charge on any atom is -0.389 e. The number of aryl methyl sites for hydroxylation is 1. The lowest BCUT2D eigenvalue weighted by atomic mass is 10.1. The highest BCUT2D eigenvalue weighted by Gasteiger charge is 2.05. The molecule has 2 aromatic carbocycles. The number of benzene rings is 2. The lowest BCUT2D eigenvalue weighted by molar-refractivity contribution is 1.40. The van der Waals surface area contributed by atoms with Crippen LogP contribution in [-0.2, 0) is 0 Å². The summed E-state index contributed by atoms with van der Waals surface area (Å²) in [4.78, 5) is 4.79. The van der Waals surface area contributed by atoms with Gasteiger partial charge in [-0.15, -0.1) is 0 Å². The van der Waals surface area contributed by atoms with Gasteiger partial charge in [0.25, 0.3) is 0 Å². The van der Waals surface area contributed by atoms with Gasteiger partial charge in [-0.2, -0.15) is 0 Å². The van der Waals surface area contributed by atoms with Crippen LogP contribution in [0.15, 0.2) is 54.7 Å². The molecular formula is C17H15N3S. The zero-order valence-corrected chi connectivity index (χ0v) is 12.4. The van der Waals surface area contributed by atoms with E-state index in [0.29, 0.717) is 4.99 Å². The molecular weight excluding hydrogens is 278 g/mol. The Labute approximate surface area is 128 Å². The third-order valence-electron chi connectivity index (χ3n) is 3.42. The minimum absolute atomic E-state index is 0.424. The third-order valence-corrected chi connectivity index (χ3v) is 3.64. The first-order valence-corrected chi connectivity index (χ1v) is 7.07. The summed E-state index contributed by atoms with van der Waals surface area (Å²) >= 11 is 5.03. The molecule has 4 heteroatoms. The Morgan fingerprint density at radius 3 is 2.76 bits per heavy atom. The molecule has 0 saturated carbocycles. The topological polar surface area (TPSA) is 50.9 Å². The summed E-state index contributed by atoms with van der Waals surface area (Å²) in [5.41, 5.74) is 10.7. The molecule has 21 heavy (non-hydrogen) atoms. The number of aromatic nitrogens is 1. The highest BCUT2D eigenvalue weighted by atomic mass is 32.1. The van der Waals surface area contributed by atoms with E-state index in [-0.39, 0.29) is 0 Å². The number of hydrogen-bond donors (Lipinski definition) is 2. The molecule has 0 atom stereocenters. The number of fused-ring (bicyclic) bond motifs is 1. The third kappa shape index (κ3) is 2.71. The summed E-state index contributed by atoms with van der Waals surface area (Å²) in [6, 6.07) is 16.0. The molecule has 3 nitrogen and oxygen atoms in total. The van der Waals surface area contributed by atoms with Crippen molar-refractivity contribution in [1.82, 2.24) is 4.98 Å². The first kappa shape index (κ1) is 13.5. The Morgan fingerprint density at radius 1 is 1.14 bits per heavy atom. The van der Waals surface area contributed by atoms with E-state index in [9.17, 15) is 0 Å². The largest absolute Gasteiger partial charge is 0.389 e. The maximum atomic E-state index is 5.69. The van der Waals surface area contributed by atoms with Gasteiger partial charge >= 0.3 is 0 Å². The summed E-state index contributed by atoms with van der Waals surface area (Å²) in [7, 11) is 0. The second-order valence-corrected chi connectivity index (χ2v) is 5.33. The van der Waals surface area contributed by atoms with Crippen molar-refractivity contribution in [3.8, 4) is 0 Å². The molecule has 0 amide bonds. The Hall–Kier alpha value is -2.46. The van der Waals surface area contributed by atoms with Gasteiger partial charge in [-0.25, -0.2) is 0 Å². The monoisotopic (exact) mass is 293 g/mol. The van der Waals surface area contributed by atoms with Gasteiger partial charge in [-0.3, -0.25) is 4.98 Å². The first-order valence-electron chi connectivity index (χ1n) is 6.66. The quantitative estimate of drug-likeness (QED) is 0.719. The van der Waals surface area contributed by atoms with Gasteiger partial charge < -0.3 is 11.1 Å². The van der Waals surface area contributed by atoms with Crippen LogP contribution in [0.1, 0.15) is 11.1 Å². The molecule has 0 spiro atoms. The molecule has 3 rings (SSSR count). The lowest BCUT2D eigenvalue weighted by Gasteiger charge is -2.11. The van der Waals surface area contributed by atoms with Crippen LogP contribution in [0.3, 0.4) is 0 Å².